The largest absolute Gasteiger partial charge is 0.462 e. The molecule has 0 bridgehead atoms. The number of hydrogen-bond donors (Lipinski definition) is 0. The van der Waals surface area contributed by atoms with E-state index in [9.17, 15) is 39.0 Å². The van der Waals surface area contributed by atoms with Crippen LogP contribution in [0.4, 0.5) is 15.8 Å². The van der Waals surface area contributed by atoms with Crippen molar-refractivity contribution in [2.24, 2.45) is 0 Å². The van der Waals surface area contributed by atoms with Crippen molar-refractivity contribution < 1.29 is 32.6 Å². The molecule has 0 aliphatic heterocycles. The SMILES string of the molecule is CCOC(=O)c1cn(CCO[Si](C)(C)C(C)(C)C)c2c([N+](=O)[O-])cc(Cc3cccc(Cl)c3F)cc2c1=O.Cc1cn(CCO[Si](C)(C)C(C)(C)C)c2c([N+](=O)[O-])cc(I)cc2c1=O. The Bertz CT molecular complexity index is 2730. The van der Waals surface area contributed by atoms with Crippen molar-refractivity contribution in [3.05, 3.63) is 132 Å². The van der Waals surface area contributed by atoms with Crippen molar-refractivity contribution in [3.63, 3.8) is 0 Å². The van der Waals surface area contributed by atoms with Crippen LogP contribution in [0.25, 0.3) is 21.8 Å². The molecule has 346 valence electrons. The molecule has 3 aromatic carbocycles. The lowest BCUT2D eigenvalue weighted by Crippen LogP contribution is -2.41. The molecule has 0 amide bonds. The van der Waals surface area contributed by atoms with E-state index in [2.05, 4.69) is 67.7 Å². The van der Waals surface area contributed by atoms with E-state index in [0.29, 0.717) is 38.8 Å². The Morgan fingerprint density at radius 3 is 1.81 bits per heavy atom. The van der Waals surface area contributed by atoms with E-state index in [4.69, 9.17) is 25.2 Å². The van der Waals surface area contributed by atoms with Crippen LogP contribution in [0.1, 0.15) is 75.5 Å². The molecule has 5 rings (SSSR count). The zero-order valence-corrected chi connectivity index (χ0v) is 43.4. The Balaban J connectivity index is 0.000000301. The number of esters is 1. The Morgan fingerprint density at radius 1 is 0.812 bits per heavy atom. The topological polar surface area (TPSA) is 175 Å². The molecular formula is C45H57ClFIN4O10Si2. The quantitative estimate of drug-likeness (QED) is 0.0342. The summed E-state index contributed by atoms with van der Waals surface area (Å²) >= 11 is 7.90. The summed E-state index contributed by atoms with van der Waals surface area (Å²) in [4.78, 5) is 61.3. The predicted molar refractivity (Wildman–Crippen MR) is 264 cm³/mol. The first-order valence-electron chi connectivity index (χ1n) is 20.7. The summed E-state index contributed by atoms with van der Waals surface area (Å²) in [6.45, 7) is 26.1. The number of aryl methyl sites for hydroxylation is 1. The first-order chi connectivity index (χ1) is 29.5. The van der Waals surface area contributed by atoms with Gasteiger partial charge in [-0.2, -0.15) is 0 Å². The fourth-order valence-electron chi connectivity index (χ4n) is 6.43. The van der Waals surface area contributed by atoms with Gasteiger partial charge in [-0.25, -0.2) is 9.18 Å². The lowest BCUT2D eigenvalue weighted by atomic mass is 10.00. The first kappa shape index (κ1) is 52.3. The molecule has 0 spiro atoms. The summed E-state index contributed by atoms with van der Waals surface area (Å²) in [5, 5.41) is 24.0. The Hall–Kier alpha value is -4.35. The van der Waals surface area contributed by atoms with E-state index in [-0.39, 0.29) is 80.1 Å². The molecule has 0 saturated heterocycles. The molecule has 64 heavy (non-hydrogen) atoms. The van der Waals surface area contributed by atoms with Crippen LogP contribution in [0.3, 0.4) is 0 Å². The van der Waals surface area contributed by atoms with Gasteiger partial charge in [0.2, 0.25) is 5.43 Å². The minimum atomic E-state index is -2.13. The molecule has 5 aromatic rings. The second-order valence-electron chi connectivity index (χ2n) is 18.6. The number of hydrogen-bond acceptors (Lipinski definition) is 10. The number of rotatable bonds is 14. The van der Waals surface area contributed by atoms with Gasteiger partial charge >= 0.3 is 5.97 Å². The number of nitrogens with zero attached hydrogens (tertiary/aromatic N) is 4. The minimum Gasteiger partial charge on any atom is -0.462 e. The van der Waals surface area contributed by atoms with E-state index >= 15 is 0 Å². The summed E-state index contributed by atoms with van der Waals surface area (Å²) in [7, 11) is -4.04. The van der Waals surface area contributed by atoms with E-state index in [1.165, 1.54) is 41.1 Å². The van der Waals surface area contributed by atoms with E-state index < -0.39 is 43.7 Å². The highest BCUT2D eigenvalue weighted by atomic mass is 127. The van der Waals surface area contributed by atoms with Crippen molar-refractivity contribution in [3.8, 4) is 0 Å². The monoisotopic (exact) mass is 1050 g/mol. The highest BCUT2D eigenvalue weighted by Crippen LogP contribution is 2.38. The molecule has 0 fully saturated rings. The average Bonchev–Trinajstić information content (AvgIpc) is 3.18. The molecular weight excluding hydrogens is 994 g/mol. The number of carbonyl (C=O) groups is 1. The number of halogens is 3. The van der Waals surface area contributed by atoms with Crippen LogP contribution in [0.5, 0.6) is 0 Å². The highest BCUT2D eigenvalue weighted by Gasteiger charge is 2.38. The fourth-order valence-corrected chi connectivity index (χ4v) is 9.30. The van der Waals surface area contributed by atoms with Crippen molar-refractivity contribution in [1.29, 1.82) is 0 Å². The molecule has 0 aliphatic rings. The van der Waals surface area contributed by atoms with Gasteiger partial charge in [0.25, 0.3) is 11.4 Å². The Labute approximate surface area is 392 Å². The van der Waals surface area contributed by atoms with Crippen molar-refractivity contribution >= 4 is 90.0 Å². The molecule has 14 nitrogen and oxygen atoms in total. The van der Waals surface area contributed by atoms with Crippen LogP contribution in [-0.4, -0.2) is 61.4 Å². The van der Waals surface area contributed by atoms with Crippen LogP contribution in [0.2, 0.25) is 41.3 Å². The Morgan fingerprint density at radius 2 is 1.31 bits per heavy atom. The van der Waals surface area contributed by atoms with E-state index in [1.807, 2.05) is 22.6 Å². The van der Waals surface area contributed by atoms with Gasteiger partial charge in [-0.05, 0) is 102 Å². The minimum absolute atomic E-state index is 0.0329. The number of benzene rings is 3. The fraction of sp³-hybridized carbons (Fsp3) is 0.444. The number of fused-ring (bicyclic) bond motifs is 2. The van der Waals surface area contributed by atoms with Gasteiger partial charge in [0.05, 0.1) is 45.5 Å². The molecule has 19 heteroatoms. The zero-order chi connectivity index (χ0) is 48.3. The normalized spacial score (nSPS) is 12.3. The Kier molecular flexibility index (Phi) is 16.7. The summed E-state index contributed by atoms with van der Waals surface area (Å²) in [5.74, 6) is -1.47. The predicted octanol–water partition coefficient (Wildman–Crippen LogP) is 11.3. The number of nitro benzene ring substituents is 2. The number of nitro groups is 2. The van der Waals surface area contributed by atoms with Gasteiger partial charge in [-0.3, -0.25) is 29.8 Å². The van der Waals surface area contributed by atoms with Gasteiger partial charge in [-0.15, -0.1) is 0 Å². The summed E-state index contributed by atoms with van der Waals surface area (Å²) in [5.41, 5.74) is 0.0550. The van der Waals surface area contributed by atoms with E-state index in [0.717, 1.165) is 0 Å². The summed E-state index contributed by atoms with van der Waals surface area (Å²) < 4.78 is 36.1. The lowest BCUT2D eigenvalue weighted by Gasteiger charge is -2.36. The molecule has 0 unspecified atom stereocenters. The van der Waals surface area contributed by atoms with Crippen LogP contribution >= 0.6 is 34.2 Å². The molecule has 0 aliphatic carbocycles. The van der Waals surface area contributed by atoms with Crippen molar-refractivity contribution in [2.75, 3.05) is 19.8 Å². The van der Waals surface area contributed by atoms with Gasteiger partial charge in [-0.1, -0.05) is 65.3 Å². The summed E-state index contributed by atoms with van der Waals surface area (Å²) in [6.07, 6.45) is 2.95. The maximum absolute atomic E-state index is 14.6. The van der Waals surface area contributed by atoms with Gasteiger partial charge in [0.1, 0.15) is 22.4 Å². The number of ether oxygens (including phenoxy) is 1. The van der Waals surface area contributed by atoms with Gasteiger partial charge in [0, 0.05) is 53.2 Å². The second-order valence-corrected chi connectivity index (χ2v) is 29.8. The van der Waals surface area contributed by atoms with Crippen molar-refractivity contribution in [2.45, 2.75) is 111 Å². The van der Waals surface area contributed by atoms with E-state index in [1.54, 1.807) is 36.7 Å². The molecule has 0 radical (unpaired) electrons. The molecule has 2 aromatic heterocycles. The smallest absolute Gasteiger partial charge is 0.343 e. The van der Waals surface area contributed by atoms with Crippen LogP contribution < -0.4 is 10.9 Å². The number of aromatic nitrogens is 2. The molecule has 2 heterocycles. The highest BCUT2D eigenvalue weighted by molar-refractivity contribution is 14.1. The third-order valence-corrected chi connectivity index (χ3v) is 22.0. The first-order valence-corrected chi connectivity index (χ1v) is 28.0. The number of carbonyl (C=O) groups excluding carboxylic acids is 1. The van der Waals surface area contributed by atoms with Crippen molar-refractivity contribution in [1.82, 2.24) is 9.13 Å². The number of pyridine rings is 2. The van der Waals surface area contributed by atoms with Gasteiger partial charge < -0.3 is 22.7 Å². The molecule has 0 N–H and O–H groups in total. The maximum Gasteiger partial charge on any atom is 0.343 e. The van der Waals surface area contributed by atoms with Crippen LogP contribution in [0.15, 0.2) is 64.4 Å². The zero-order valence-electron chi connectivity index (χ0n) is 38.4. The summed E-state index contributed by atoms with van der Waals surface area (Å²) in [6, 6.07) is 10.5. The molecule has 0 atom stereocenters. The van der Waals surface area contributed by atoms with Crippen LogP contribution in [0, 0.1) is 36.5 Å². The third kappa shape index (κ3) is 11.9. The maximum atomic E-state index is 14.6. The van der Waals surface area contributed by atoms with Crippen LogP contribution in [-0.2, 0) is 33.1 Å². The second kappa shape index (κ2) is 20.4. The lowest BCUT2D eigenvalue weighted by molar-refractivity contribution is -0.383. The van der Waals surface area contributed by atoms with Gasteiger partial charge in [0.15, 0.2) is 22.1 Å². The molecule has 0 saturated carbocycles. The number of non-ortho nitro benzene ring substituents is 2. The third-order valence-electron chi connectivity index (χ3n) is 12.0. The average molecular weight is 1050 g/mol. The standard InChI is InChI=1S/C27H32ClFN2O6Si.C18H25IN2O4Si/c1-7-36-26(33)20-16-30(11-12-37-38(5,6)27(2,3)4)24-19(25(20)32)14-17(15-22(24)31(34)35)13-18-9-8-10-21(28)23(18)29;1-12-11-20(7-8-25-26(5,6)18(2,3)4)16-14(17(12)22)9-13(19)10-15(16)21(23)24/h8-10,14-16H,7,11-13H2,1-6H3;9-11H,7-8H2,1-6H3.